The summed E-state index contributed by atoms with van der Waals surface area (Å²) in [6.07, 6.45) is 0.796. The molecule has 2 heteroatoms. The van der Waals surface area contributed by atoms with Crippen molar-refractivity contribution in [2.45, 2.75) is 27.2 Å². The van der Waals surface area contributed by atoms with Gasteiger partial charge >= 0.3 is 0 Å². The predicted molar refractivity (Wildman–Crippen MR) is 67.2 cm³/mol. The van der Waals surface area contributed by atoms with E-state index >= 15 is 0 Å². The molecule has 0 bridgehead atoms. The Morgan fingerprint density at radius 2 is 1.81 bits per heavy atom. The van der Waals surface area contributed by atoms with Crippen molar-refractivity contribution in [3.8, 4) is 0 Å². The fourth-order valence-electron chi connectivity index (χ4n) is 1.82. The average molecular weight is 219 g/mol. The number of rotatable bonds is 3. The Kier molecular flexibility index (Phi) is 4.11. The number of carbonyl (C=O) groups excluding carboxylic acids is 1. The molecule has 0 radical (unpaired) electrons. The van der Waals surface area contributed by atoms with E-state index in [0.29, 0.717) is 0 Å². The van der Waals surface area contributed by atoms with E-state index in [-0.39, 0.29) is 17.2 Å². The maximum atomic E-state index is 11.9. The standard InChI is InChI=1S/C14H21NO/c1-14(2,3)12(13(16)15-4)10-11-8-6-5-7-9-11/h5-9,12H,10H2,1-4H3,(H,15,16)/t12-/m1/s1. The molecule has 0 aliphatic rings. The van der Waals surface area contributed by atoms with Crippen molar-refractivity contribution in [1.29, 1.82) is 0 Å². The molecule has 1 atom stereocenters. The number of amides is 1. The lowest BCUT2D eigenvalue weighted by atomic mass is 9.76. The molecule has 0 aliphatic carbocycles. The molecule has 0 saturated carbocycles. The highest BCUT2D eigenvalue weighted by atomic mass is 16.1. The number of hydrogen-bond acceptors (Lipinski definition) is 1. The van der Waals surface area contributed by atoms with E-state index in [1.165, 1.54) is 5.56 Å². The van der Waals surface area contributed by atoms with Gasteiger partial charge in [-0.05, 0) is 17.4 Å². The zero-order chi connectivity index (χ0) is 12.2. The van der Waals surface area contributed by atoms with Gasteiger partial charge in [-0.1, -0.05) is 51.1 Å². The zero-order valence-electron chi connectivity index (χ0n) is 10.6. The number of carbonyl (C=O) groups is 1. The molecule has 1 aromatic rings. The van der Waals surface area contributed by atoms with Crippen LogP contribution in [-0.4, -0.2) is 13.0 Å². The van der Waals surface area contributed by atoms with Crippen LogP contribution < -0.4 is 5.32 Å². The molecule has 0 heterocycles. The van der Waals surface area contributed by atoms with Crippen LogP contribution in [0.25, 0.3) is 0 Å². The molecule has 1 aromatic carbocycles. The molecule has 1 amide bonds. The van der Waals surface area contributed by atoms with Gasteiger partial charge in [0.25, 0.3) is 0 Å². The summed E-state index contributed by atoms with van der Waals surface area (Å²) < 4.78 is 0. The number of hydrogen-bond donors (Lipinski definition) is 1. The first-order chi connectivity index (χ1) is 7.45. The van der Waals surface area contributed by atoms with Crippen molar-refractivity contribution >= 4 is 5.91 Å². The smallest absolute Gasteiger partial charge is 0.223 e. The minimum Gasteiger partial charge on any atom is -0.359 e. The maximum Gasteiger partial charge on any atom is 0.223 e. The molecule has 0 fully saturated rings. The van der Waals surface area contributed by atoms with Crippen LogP contribution in [0.2, 0.25) is 0 Å². The second-order valence-corrected chi connectivity index (χ2v) is 5.22. The topological polar surface area (TPSA) is 29.1 Å². The molecule has 0 spiro atoms. The van der Waals surface area contributed by atoms with Crippen molar-refractivity contribution in [1.82, 2.24) is 5.32 Å². The van der Waals surface area contributed by atoms with Gasteiger partial charge < -0.3 is 5.32 Å². The average Bonchev–Trinajstić information content (AvgIpc) is 2.25. The fourth-order valence-corrected chi connectivity index (χ4v) is 1.82. The van der Waals surface area contributed by atoms with Crippen molar-refractivity contribution in [3.63, 3.8) is 0 Å². The Morgan fingerprint density at radius 3 is 2.25 bits per heavy atom. The molecular weight excluding hydrogens is 198 g/mol. The molecule has 1 N–H and O–H groups in total. The SMILES string of the molecule is CNC(=O)[C@@H](Cc1ccccc1)C(C)(C)C. The molecule has 88 valence electrons. The molecule has 0 aliphatic heterocycles. The van der Waals surface area contributed by atoms with E-state index in [9.17, 15) is 4.79 Å². The molecule has 0 unspecified atom stereocenters. The minimum atomic E-state index is -0.0179. The highest BCUT2D eigenvalue weighted by Crippen LogP contribution is 2.29. The Balaban J connectivity index is 2.84. The largest absolute Gasteiger partial charge is 0.359 e. The maximum absolute atomic E-state index is 11.9. The van der Waals surface area contributed by atoms with E-state index in [2.05, 4.69) is 38.2 Å². The lowest BCUT2D eigenvalue weighted by Crippen LogP contribution is -2.37. The van der Waals surface area contributed by atoms with Crippen molar-refractivity contribution in [3.05, 3.63) is 35.9 Å². The second-order valence-electron chi connectivity index (χ2n) is 5.22. The Labute approximate surface area is 98.1 Å². The van der Waals surface area contributed by atoms with E-state index in [1.54, 1.807) is 7.05 Å². The first kappa shape index (κ1) is 12.8. The van der Waals surface area contributed by atoms with Gasteiger partial charge in [0.1, 0.15) is 0 Å². The molecular formula is C14H21NO. The fraction of sp³-hybridized carbons (Fsp3) is 0.500. The third-order valence-corrected chi connectivity index (χ3v) is 2.89. The third-order valence-electron chi connectivity index (χ3n) is 2.89. The van der Waals surface area contributed by atoms with Crippen molar-refractivity contribution in [2.75, 3.05) is 7.05 Å². The summed E-state index contributed by atoms with van der Waals surface area (Å²) in [7, 11) is 1.70. The van der Waals surface area contributed by atoms with E-state index in [0.717, 1.165) is 6.42 Å². The monoisotopic (exact) mass is 219 g/mol. The summed E-state index contributed by atoms with van der Waals surface area (Å²) in [6, 6.07) is 10.2. The van der Waals surface area contributed by atoms with Gasteiger partial charge in [-0.25, -0.2) is 0 Å². The summed E-state index contributed by atoms with van der Waals surface area (Å²) in [5.41, 5.74) is 1.20. The first-order valence-electron chi connectivity index (χ1n) is 5.70. The Bertz CT molecular complexity index is 338. The van der Waals surface area contributed by atoms with Gasteiger partial charge in [-0.3, -0.25) is 4.79 Å². The summed E-state index contributed by atoms with van der Waals surface area (Å²) >= 11 is 0. The normalized spacial score (nSPS) is 13.2. The molecule has 1 rings (SSSR count). The predicted octanol–water partition coefficient (Wildman–Crippen LogP) is 2.64. The zero-order valence-corrected chi connectivity index (χ0v) is 10.6. The van der Waals surface area contributed by atoms with Crippen LogP contribution in [-0.2, 0) is 11.2 Å². The lowest BCUT2D eigenvalue weighted by Gasteiger charge is -2.29. The summed E-state index contributed by atoms with van der Waals surface area (Å²) in [5, 5.41) is 2.75. The van der Waals surface area contributed by atoms with Gasteiger partial charge in [0.2, 0.25) is 5.91 Å². The van der Waals surface area contributed by atoms with Crippen LogP contribution in [0.3, 0.4) is 0 Å². The van der Waals surface area contributed by atoms with Crippen LogP contribution >= 0.6 is 0 Å². The van der Waals surface area contributed by atoms with Crippen LogP contribution in [0.5, 0.6) is 0 Å². The number of benzene rings is 1. The van der Waals surface area contributed by atoms with Crippen molar-refractivity contribution < 1.29 is 4.79 Å². The quantitative estimate of drug-likeness (QED) is 0.832. The van der Waals surface area contributed by atoms with E-state index in [4.69, 9.17) is 0 Å². The van der Waals surface area contributed by atoms with Crippen LogP contribution in [0, 0.1) is 11.3 Å². The van der Waals surface area contributed by atoms with Gasteiger partial charge in [-0.15, -0.1) is 0 Å². The summed E-state index contributed by atoms with van der Waals surface area (Å²) in [6.45, 7) is 6.32. The summed E-state index contributed by atoms with van der Waals surface area (Å²) in [4.78, 5) is 11.9. The Morgan fingerprint density at radius 1 is 1.25 bits per heavy atom. The first-order valence-corrected chi connectivity index (χ1v) is 5.70. The number of nitrogens with one attached hydrogen (secondary N) is 1. The highest BCUT2D eigenvalue weighted by molar-refractivity contribution is 5.79. The van der Waals surface area contributed by atoms with E-state index in [1.807, 2.05) is 18.2 Å². The Hall–Kier alpha value is -1.31. The van der Waals surface area contributed by atoms with Gasteiger partial charge in [0.05, 0.1) is 0 Å². The molecule has 16 heavy (non-hydrogen) atoms. The summed E-state index contributed by atoms with van der Waals surface area (Å²) in [5.74, 6) is 0.135. The third kappa shape index (κ3) is 3.37. The van der Waals surface area contributed by atoms with Crippen LogP contribution in [0.15, 0.2) is 30.3 Å². The van der Waals surface area contributed by atoms with Crippen molar-refractivity contribution in [2.24, 2.45) is 11.3 Å². The molecule has 0 aromatic heterocycles. The highest BCUT2D eigenvalue weighted by Gasteiger charge is 2.30. The van der Waals surface area contributed by atoms with Gasteiger partial charge in [0.15, 0.2) is 0 Å². The molecule has 0 saturated heterocycles. The second kappa shape index (κ2) is 5.15. The van der Waals surface area contributed by atoms with E-state index < -0.39 is 0 Å². The van der Waals surface area contributed by atoms with Crippen LogP contribution in [0.4, 0.5) is 0 Å². The van der Waals surface area contributed by atoms with Crippen LogP contribution in [0.1, 0.15) is 26.3 Å². The lowest BCUT2D eigenvalue weighted by molar-refractivity contribution is -0.127. The minimum absolute atomic E-state index is 0.0138. The van der Waals surface area contributed by atoms with Gasteiger partial charge in [-0.2, -0.15) is 0 Å². The van der Waals surface area contributed by atoms with Gasteiger partial charge in [0, 0.05) is 13.0 Å². The molecule has 2 nitrogen and oxygen atoms in total.